The van der Waals surface area contributed by atoms with E-state index in [0.717, 1.165) is 24.2 Å². The zero-order valence-corrected chi connectivity index (χ0v) is 14.6. The number of carbonyl (C=O) groups excluding carboxylic acids is 1. The molecule has 0 saturated carbocycles. The summed E-state index contributed by atoms with van der Waals surface area (Å²) in [5.74, 6) is 0.173. The van der Waals surface area contributed by atoms with Crippen LogP contribution in [0.3, 0.4) is 0 Å². The molecule has 1 aliphatic rings. The lowest BCUT2D eigenvalue weighted by atomic mass is 9.89. The van der Waals surface area contributed by atoms with Crippen molar-refractivity contribution >= 4 is 15.9 Å². The third-order valence-electron chi connectivity index (χ3n) is 4.26. The molecule has 23 heavy (non-hydrogen) atoms. The molecule has 1 aliphatic heterocycles. The largest absolute Gasteiger partial charge is 0.496 e. The average molecular weight is 340 g/mol. The summed E-state index contributed by atoms with van der Waals surface area (Å²) < 4.78 is 31.0. The summed E-state index contributed by atoms with van der Waals surface area (Å²) in [7, 11) is -0.662. The normalized spacial score (nSPS) is 22.0. The highest BCUT2D eigenvalue weighted by Crippen LogP contribution is 2.37. The van der Waals surface area contributed by atoms with Gasteiger partial charge in [0.1, 0.15) is 11.5 Å². The third-order valence-corrected chi connectivity index (χ3v) is 5.51. The predicted molar refractivity (Wildman–Crippen MR) is 88.7 cm³/mol. The number of amides is 1. The van der Waals surface area contributed by atoms with E-state index < -0.39 is 15.8 Å². The maximum atomic E-state index is 12.6. The van der Waals surface area contributed by atoms with Crippen LogP contribution >= 0.6 is 0 Å². The number of likely N-dealkylation sites (tertiary alicyclic amines) is 1. The van der Waals surface area contributed by atoms with Gasteiger partial charge in [-0.1, -0.05) is 25.1 Å². The van der Waals surface area contributed by atoms with E-state index in [1.165, 1.54) is 7.05 Å². The van der Waals surface area contributed by atoms with Crippen molar-refractivity contribution in [3.05, 3.63) is 29.8 Å². The Hall–Kier alpha value is -1.60. The fourth-order valence-electron chi connectivity index (χ4n) is 3.01. The van der Waals surface area contributed by atoms with Crippen LogP contribution in [-0.2, 0) is 14.8 Å². The van der Waals surface area contributed by atoms with E-state index in [1.54, 1.807) is 12.0 Å². The van der Waals surface area contributed by atoms with Crippen LogP contribution in [0.15, 0.2) is 24.3 Å². The van der Waals surface area contributed by atoms with Gasteiger partial charge in [0.15, 0.2) is 0 Å². The van der Waals surface area contributed by atoms with Crippen LogP contribution in [0.25, 0.3) is 0 Å². The molecule has 0 aliphatic carbocycles. The number of nitrogens with one attached hydrogen (secondary N) is 1. The number of ether oxygens (including phenoxy) is 1. The van der Waals surface area contributed by atoms with E-state index in [4.69, 9.17) is 4.74 Å². The Morgan fingerprint density at radius 1 is 1.35 bits per heavy atom. The molecule has 7 heteroatoms. The molecule has 1 heterocycles. The number of hydrogen-bond acceptors (Lipinski definition) is 4. The first kappa shape index (κ1) is 17.7. The molecule has 0 radical (unpaired) electrons. The number of nitrogens with zero attached hydrogens (tertiary/aromatic N) is 1. The van der Waals surface area contributed by atoms with E-state index in [0.29, 0.717) is 12.5 Å². The highest BCUT2D eigenvalue weighted by molar-refractivity contribution is 7.90. The van der Waals surface area contributed by atoms with Crippen LogP contribution < -0.4 is 9.46 Å². The van der Waals surface area contributed by atoms with Crippen LogP contribution in [0, 0.1) is 5.92 Å². The molecule has 2 atom stereocenters. The van der Waals surface area contributed by atoms with Crippen LogP contribution in [-0.4, -0.2) is 45.7 Å². The first-order valence-corrected chi connectivity index (χ1v) is 9.36. The van der Waals surface area contributed by atoms with Gasteiger partial charge in [-0.05, 0) is 31.9 Å². The standard InChI is InChI=1S/C16H24N2O4S/c1-12-8-9-14(13-6-4-5-7-15(13)22-3)18(10-12)16(19)11-23(20,21)17-2/h4-7,12,14,17H,8-11H2,1-3H3/t12-,14+/m1/s1. The fraction of sp³-hybridized carbons (Fsp3) is 0.562. The van der Waals surface area contributed by atoms with Gasteiger partial charge < -0.3 is 9.64 Å². The maximum absolute atomic E-state index is 12.6. The summed E-state index contributed by atoms with van der Waals surface area (Å²) in [6, 6.07) is 7.43. The van der Waals surface area contributed by atoms with Crippen LogP contribution in [0.5, 0.6) is 5.75 Å². The van der Waals surface area contributed by atoms with E-state index in [-0.39, 0.29) is 11.9 Å². The second kappa shape index (κ2) is 7.31. The Balaban J connectivity index is 2.31. The molecule has 128 valence electrons. The number of hydrogen-bond donors (Lipinski definition) is 1. The van der Waals surface area contributed by atoms with Crippen molar-refractivity contribution in [3.8, 4) is 5.75 Å². The fourth-order valence-corrected chi connectivity index (χ4v) is 3.65. The summed E-state index contributed by atoms with van der Waals surface area (Å²) in [6.45, 7) is 2.63. The lowest BCUT2D eigenvalue weighted by Gasteiger charge is -2.39. The predicted octanol–water partition coefficient (Wildman–Crippen LogP) is 1.54. The van der Waals surface area contributed by atoms with Gasteiger partial charge in [0.2, 0.25) is 15.9 Å². The quantitative estimate of drug-likeness (QED) is 0.882. The summed E-state index contributed by atoms with van der Waals surface area (Å²) >= 11 is 0. The lowest BCUT2D eigenvalue weighted by Crippen LogP contribution is -2.45. The van der Waals surface area contributed by atoms with Gasteiger partial charge in [-0.3, -0.25) is 4.79 Å². The number of rotatable bonds is 5. The van der Waals surface area contributed by atoms with Gasteiger partial charge in [0, 0.05) is 12.1 Å². The second-order valence-corrected chi connectivity index (χ2v) is 7.88. The SMILES string of the molecule is CNS(=O)(=O)CC(=O)N1C[C@H](C)CC[C@H]1c1ccccc1OC. The topological polar surface area (TPSA) is 75.7 Å². The van der Waals surface area contributed by atoms with Gasteiger partial charge in [-0.15, -0.1) is 0 Å². The number of piperidine rings is 1. The molecule has 1 aromatic carbocycles. The molecule has 1 N–H and O–H groups in total. The minimum Gasteiger partial charge on any atom is -0.496 e. The molecular formula is C16H24N2O4S. The summed E-state index contributed by atoms with van der Waals surface area (Å²) in [5.41, 5.74) is 0.928. The van der Waals surface area contributed by atoms with Gasteiger partial charge in [0.05, 0.1) is 13.2 Å². The number of carbonyl (C=O) groups is 1. The zero-order valence-electron chi connectivity index (χ0n) is 13.8. The Kier molecular flexibility index (Phi) is 5.64. The highest BCUT2D eigenvalue weighted by Gasteiger charge is 2.34. The minimum absolute atomic E-state index is 0.151. The lowest BCUT2D eigenvalue weighted by molar-refractivity contribution is -0.133. The molecule has 0 bridgehead atoms. The third kappa shape index (κ3) is 4.23. The van der Waals surface area contributed by atoms with E-state index in [2.05, 4.69) is 11.6 Å². The molecule has 1 amide bonds. The van der Waals surface area contributed by atoms with Crippen molar-refractivity contribution in [1.29, 1.82) is 0 Å². The summed E-state index contributed by atoms with van der Waals surface area (Å²) in [4.78, 5) is 14.2. The van der Waals surface area contributed by atoms with E-state index in [9.17, 15) is 13.2 Å². The first-order chi connectivity index (χ1) is 10.9. The minimum atomic E-state index is -3.58. The Bertz CT molecular complexity index is 660. The zero-order chi connectivity index (χ0) is 17.0. The Morgan fingerprint density at radius 2 is 2.04 bits per heavy atom. The number of benzene rings is 1. The molecule has 1 saturated heterocycles. The number of methoxy groups -OCH3 is 1. The Morgan fingerprint density at radius 3 is 2.70 bits per heavy atom. The molecule has 2 rings (SSSR count). The molecule has 0 aromatic heterocycles. The van der Waals surface area contributed by atoms with Crippen molar-refractivity contribution in [3.63, 3.8) is 0 Å². The number of sulfonamides is 1. The van der Waals surface area contributed by atoms with Crippen molar-refractivity contribution < 1.29 is 17.9 Å². The summed E-state index contributed by atoms with van der Waals surface area (Å²) in [6.07, 6.45) is 1.79. The summed E-state index contributed by atoms with van der Waals surface area (Å²) in [5, 5.41) is 0. The highest BCUT2D eigenvalue weighted by atomic mass is 32.2. The van der Waals surface area contributed by atoms with Gasteiger partial charge in [-0.25, -0.2) is 13.1 Å². The monoisotopic (exact) mass is 340 g/mol. The molecular weight excluding hydrogens is 316 g/mol. The van der Waals surface area contributed by atoms with E-state index in [1.807, 2.05) is 24.3 Å². The second-order valence-electron chi connectivity index (χ2n) is 5.95. The van der Waals surface area contributed by atoms with Gasteiger partial charge in [0.25, 0.3) is 0 Å². The van der Waals surface area contributed by atoms with Gasteiger partial charge >= 0.3 is 0 Å². The smallest absolute Gasteiger partial charge is 0.239 e. The van der Waals surface area contributed by atoms with Crippen molar-refractivity contribution in [2.45, 2.75) is 25.8 Å². The molecule has 1 aromatic rings. The van der Waals surface area contributed by atoms with E-state index >= 15 is 0 Å². The molecule has 0 unspecified atom stereocenters. The number of para-hydroxylation sites is 1. The Labute approximate surface area is 137 Å². The molecule has 6 nitrogen and oxygen atoms in total. The van der Waals surface area contributed by atoms with Gasteiger partial charge in [-0.2, -0.15) is 0 Å². The van der Waals surface area contributed by atoms with Crippen molar-refractivity contribution in [1.82, 2.24) is 9.62 Å². The van der Waals surface area contributed by atoms with Crippen molar-refractivity contribution in [2.75, 3.05) is 26.5 Å². The first-order valence-electron chi connectivity index (χ1n) is 7.71. The van der Waals surface area contributed by atoms with Crippen LogP contribution in [0.1, 0.15) is 31.4 Å². The van der Waals surface area contributed by atoms with Crippen LogP contribution in [0.4, 0.5) is 0 Å². The average Bonchev–Trinajstić information content (AvgIpc) is 2.54. The van der Waals surface area contributed by atoms with Crippen molar-refractivity contribution in [2.24, 2.45) is 5.92 Å². The van der Waals surface area contributed by atoms with Crippen LogP contribution in [0.2, 0.25) is 0 Å². The maximum Gasteiger partial charge on any atom is 0.239 e. The molecule has 1 fully saturated rings. The molecule has 0 spiro atoms.